The molecule has 3 aromatic carbocycles. The second-order valence-electron chi connectivity index (χ2n) is 7.40. The van der Waals surface area contributed by atoms with Gasteiger partial charge in [-0.1, -0.05) is 30.0 Å². The topological polar surface area (TPSA) is 136 Å². The van der Waals surface area contributed by atoms with E-state index in [1.165, 1.54) is 30.1 Å². The Morgan fingerprint density at radius 2 is 1.92 bits per heavy atom. The van der Waals surface area contributed by atoms with Crippen LogP contribution in [-0.2, 0) is 4.79 Å². The Bertz CT molecular complexity index is 1390. The molecular formula is C25H23N5O5S. The molecule has 0 aliphatic heterocycles. The van der Waals surface area contributed by atoms with Crippen molar-refractivity contribution in [3.63, 3.8) is 0 Å². The van der Waals surface area contributed by atoms with Crippen LogP contribution in [0.3, 0.4) is 0 Å². The predicted molar refractivity (Wildman–Crippen MR) is 133 cm³/mol. The fourth-order valence-electron chi connectivity index (χ4n) is 3.35. The molecule has 184 valence electrons. The van der Waals surface area contributed by atoms with Crippen LogP contribution >= 0.6 is 11.8 Å². The van der Waals surface area contributed by atoms with E-state index < -0.39 is 5.75 Å². The van der Waals surface area contributed by atoms with Gasteiger partial charge in [0.15, 0.2) is 11.5 Å². The molecule has 0 fully saturated rings. The standard InChI is InChI=1S/C25H23N5O5S/c1-34-21-11-9-16(12-22(21)35-2)24-28-29-25(30(24)18-6-4-3-5-7-18)36-15-23(33)27-26-14-17-8-10-19(31)13-20(17)32/h3-14H,15H2,1-2H3,(H3,26,27,31,32,33). The number of hydrazone groups is 1. The molecule has 0 atom stereocenters. The van der Waals surface area contributed by atoms with Gasteiger partial charge in [-0.05, 0) is 59.8 Å². The number of phenolic OH excluding ortho intramolecular Hbond substituents is 1. The largest absolute Gasteiger partial charge is 0.872 e. The number of para-hydroxylation sites is 1. The average molecular weight is 506 g/mol. The summed E-state index contributed by atoms with van der Waals surface area (Å²) in [6, 6.07) is 19.0. The van der Waals surface area contributed by atoms with Crippen LogP contribution in [0.25, 0.3) is 17.1 Å². The number of hydrogen-bond acceptors (Lipinski definition) is 8. The van der Waals surface area contributed by atoms with Crippen molar-refractivity contribution >= 4 is 23.9 Å². The Hall–Kier alpha value is -4.51. The minimum Gasteiger partial charge on any atom is -0.872 e. The summed E-state index contributed by atoms with van der Waals surface area (Å²) in [5, 5.41) is 33.0. The van der Waals surface area contributed by atoms with Crippen molar-refractivity contribution < 1.29 is 29.0 Å². The number of benzene rings is 3. The van der Waals surface area contributed by atoms with Crippen LogP contribution < -0.4 is 24.6 Å². The molecule has 0 aliphatic rings. The molecule has 36 heavy (non-hydrogen) atoms. The SMILES string of the molecule is COc1ccc(-c2[nH]nc(SCC(=O)N/N=C/c3ccc(O)cc3[O-])[n+]2-c2ccccc2)cc1OC. The molecule has 4 rings (SSSR count). The van der Waals surface area contributed by atoms with E-state index >= 15 is 0 Å². The van der Waals surface area contributed by atoms with Gasteiger partial charge in [-0.25, -0.2) is 5.43 Å². The Labute approximate surface area is 211 Å². The number of amides is 1. The van der Waals surface area contributed by atoms with Crippen molar-refractivity contribution in [2.45, 2.75) is 5.16 Å². The maximum atomic E-state index is 12.4. The lowest BCUT2D eigenvalue weighted by Gasteiger charge is -2.09. The molecule has 1 heterocycles. The molecule has 10 nitrogen and oxygen atoms in total. The maximum Gasteiger partial charge on any atom is 0.342 e. The Morgan fingerprint density at radius 3 is 2.64 bits per heavy atom. The number of phenols is 1. The molecule has 1 amide bonds. The Balaban J connectivity index is 1.54. The summed E-state index contributed by atoms with van der Waals surface area (Å²) in [5.41, 5.74) is 4.31. The number of nitrogens with one attached hydrogen (secondary N) is 2. The first-order valence-corrected chi connectivity index (χ1v) is 11.7. The second-order valence-corrected chi connectivity index (χ2v) is 8.34. The lowest BCUT2D eigenvalue weighted by Crippen LogP contribution is -2.34. The number of aromatic nitrogens is 3. The van der Waals surface area contributed by atoms with E-state index in [1.54, 1.807) is 14.2 Å². The van der Waals surface area contributed by atoms with Gasteiger partial charge in [0, 0.05) is 0 Å². The molecule has 0 unspecified atom stereocenters. The number of aromatic hydroxyl groups is 1. The van der Waals surface area contributed by atoms with Crippen LogP contribution in [-0.4, -0.2) is 47.4 Å². The summed E-state index contributed by atoms with van der Waals surface area (Å²) < 4.78 is 12.7. The summed E-state index contributed by atoms with van der Waals surface area (Å²) >= 11 is 1.22. The highest BCUT2D eigenvalue weighted by molar-refractivity contribution is 7.99. The predicted octanol–water partition coefficient (Wildman–Crippen LogP) is 2.39. The third kappa shape index (κ3) is 5.58. The molecule has 11 heteroatoms. The zero-order chi connectivity index (χ0) is 25.5. The fraction of sp³-hybridized carbons (Fsp3) is 0.120. The van der Waals surface area contributed by atoms with Gasteiger partial charge < -0.3 is 19.7 Å². The molecule has 4 aromatic rings. The first-order chi connectivity index (χ1) is 17.5. The number of carbonyl (C=O) groups excluding carboxylic acids is 1. The van der Waals surface area contributed by atoms with Gasteiger partial charge in [0.25, 0.3) is 11.7 Å². The lowest BCUT2D eigenvalue weighted by atomic mass is 10.2. The first kappa shape index (κ1) is 24.6. The molecule has 0 aliphatic carbocycles. The molecule has 3 N–H and O–H groups in total. The van der Waals surface area contributed by atoms with Crippen LogP contribution in [0.5, 0.6) is 23.0 Å². The highest BCUT2D eigenvalue weighted by Crippen LogP contribution is 2.31. The van der Waals surface area contributed by atoms with Crippen LogP contribution in [0, 0.1) is 0 Å². The van der Waals surface area contributed by atoms with Crippen molar-refractivity contribution in [3.8, 4) is 40.1 Å². The van der Waals surface area contributed by atoms with Gasteiger partial charge in [0.05, 0.1) is 36.8 Å². The van der Waals surface area contributed by atoms with Gasteiger partial charge in [-0.15, -0.1) is 5.10 Å². The minimum atomic E-state index is -0.398. The summed E-state index contributed by atoms with van der Waals surface area (Å²) in [5.74, 6) is 0.999. The first-order valence-electron chi connectivity index (χ1n) is 10.7. The Kier molecular flexibility index (Phi) is 7.71. The van der Waals surface area contributed by atoms with Crippen LogP contribution in [0.2, 0.25) is 0 Å². The average Bonchev–Trinajstić information content (AvgIpc) is 3.32. The maximum absolute atomic E-state index is 12.4. The summed E-state index contributed by atoms with van der Waals surface area (Å²) in [6.07, 6.45) is 1.23. The van der Waals surface area contributed by atoms with E-state index in [9.17, 15) is 15.0 Å². The number of rotatable bonds is 9. The number of methoxy groups -OCH3 is 2. The van der Waals surface area contributed by atoms with E-state index in [0.717, 1.165) is 17.3 Å². The number of carbonyl (C=O) groups is 1. The number of ether oxygens (including phenoxy) is 2. The van der Waals surface area contributed by atoms with Gasteiger partial charge in [0.1, 0.15) is 11.4 Å². The number of aromatic amines is 1. The number of nitrogens with zero attached hydrogens (tertiary/aromatic N) is 3. The van der Waals surface area contributed by atoms with Crippen molar-refractivity contribution in [2.75, 3.05) is 20.0 Å². The van der Waals surface area contributed by atoms with E-state index in [2.05, 4.69) is 20.7 Å². The third-order valence-electron chi connectivity index (χ3n) is 5.07. The third-order valence-corrected chi connectivity index (χ3v) is 6.00. The number of hydrogen-bond donors (Lipinski definition) is 3. The highest BCUT2D eigenvalue weighted by Gasteiger charge is 2.25. The van der Waals surface area contributed by atoms with Crippen molar-refractivity contribution in [1.29, 1.82) is 0 Å². The Morgan fingerprint density at radius 1 is 1.14 bits per heavy atom. The monoisotopic (exact) mass is 505 g/mol. The van der Waals surface area contributed by atoms with E-state index in [4.69, 9.17) is 9.47 Å². The molecule has 0 bridgehead atoms. The zero-order valence-electron chi connectivity index (χ0n) is 19.5. The molecule has 0 saturated heterocycles. The van der Waals surface area contributed by atoms with Gasteiger partial charge >= 0.3 is 5.16 Å². The fourth-order valence-corrected chi connectivity index (χ4v) is 4.11. The van der Waals surface area contributed by atoms with E-state index in [0.29, 0.717) is 22.5 Å². The van der Waals surface area contributed by atoms with Gasteiger partial charge in [-0.2, -0.15) is 9.67 Å². The number of H-pyrrole nitrogens is 1. The zero-order valence-corrected chi connectivity index (χ0v) is 20.3. The van der Waals surface area contributed by atoms with E-state index in [-0.39, 0.29) is 23.0 Å². The quantitative estimate of drug-likeness (QED) is 0.138. The van der Waals surface area contributed by atoms with Crippen LogP contribution in [0.4, 0.5) is 0 Å². The second kappa shape index (κ2) is 11.3. The van der Waals surface area contributed by atoms with Crippen molar-refractivity contribution in [3.05, 3.63) is 72.3 Å². The summed E-state index contributed by atoms with van der Waals surface area (Å²) in [6.45, 7) is 0. The van der Waals surface area contributed by atoms with Crippen molar-refractivity contribution in [1.82, 2.24) is 15.6 Å². The normalized spacial score (nSPS) is 10.9. The molecule has 0 radical (unpaired) electrons. The summed E-state index contributed by atoms with van der Waals surface area (Å²) in [7, 11) is 3.15. The lowest BCUT2D eigenvalue weighted by molar-refractivity contribution is -0.625. The van der Waals surface area contributed by atoms with Crippen LogP contribution in [0.1, 0.15) is 5.56 Å². The van der Waals surface area contributed by atoms with Crippen LogP contribution in [0.15, 0.2) is 77.0 Å². The smallest absolute Gasteiger partial charge is 0.342 e. The summed E-state index contributed by atoms with van der Waals surface area (Å²) in [4.78, 5) is 12.4. The molecular weight excluding hydrogens is 482 g/mol. The van der Waals surface area contributed by atoms with Crippen molar-refractivity contribution in [2.24, 2.45) is 5.10 Å². The van der Waals surface area contributed by atoms with E-state index in [1.807, 2.05) is 53.1 Å². The number of thioether (sulfide) groups is 1. The molecule has 0 spiro atoms. The van der Waals surface area contributed by atoms with Gasteiger partial charge in [0.2, 0.25) is 0 Å². The minimum absolute atomic E-state index is 0.0280. The molecule has 0 saturated carbocycles. The molecule has 1 aromatic heterocycles. The van der Waals surface area contributed by atoms with Gasteiger partial charge in [-0.3, -0.25) is 4.79 Å². The highest BCUT2D eigenvalue weighted by atomic mass is 32.2.